The van der Waals surface area contributed by atoms with Crippen molar-refractivity contribution in [2.75, 3.05) is 6.61 Å². The van der Waals surface area contributed by atoms with Gasteiger partial charge in [-0.25, -0.2) is 0 Å². The zero-order valence-electron chi connectivity index (χ0n) is 17.8. The topological polar surface area (TPSA) is 26.3 Å². The first-order valence-corrected chi connectivity index (χ1v) is 13.0. The van der Waals surface area contributed by atoms with Gasteiger partial charge in [0, 0.05) is 11.1 Å². The van der Waals surface area contributed by atoms with Gasteiger partial charge in [0.1, 0.15) is 14.7 Å². The predicted octanol–water partition coefficient (Wildman–Crippen LogP) is 4.94. The second-order valence-electron chi connectivity index (χ2n) is 7.92. The lowest BCUT2D eigenvalue weighted by Gasteiger charge is -2.04. The molecule has 0 spiro atoms. The fourth-order valence-corrected chi connectivity index (χ4v) is 3.14. The second kappa shape index (κ2) is 10.5. The second-order valence-corrected chi connectivity index (χ2v) is 12.7. The van der Waals surface area contributed by atoms with Gasteiger partial charge in [0.25, 0.3) is 0 Å². The summed E-state index contributed by atoms with van der Waals surface area (Å²) >= 11 is 0. The van der Waals surface area contributed by atoms with E-state index < -0.39 is 8.07 Å². The average Bonchev–Trinajstić information content (AvgIpc) is 2.64. The Kier molecular flexibility index (Phi) is 8.05. The van der Waals surface area contributed by atoms with Gasteiger partial charge >= 0.3 is 0 Å². The van der Waals surface area contributed by atoms with Crippen molar-refractivity contribution in [2.24, 2.45) is 0 Å². The van der Waals surface area contributed by atoms with Crippen LogP contribution in [0.1, 0.15) is 32.6 Å². The van der Waals surface area contributed by atoms with E-state index in [0.717, 1.165) is 5.56 Å². The van der Waals surface area contributed by atoms with Gasteiger partial charge in [0.2, 0.25) is 5.78 Å². The maximum atomic E-state index is 12.4. The molecule has 0 unspecified atom stereocenters. The number of aryl methyl sites for hydroxylation is 2. The summed E-state index contributed by atoms with van der Waals surface area (Å²) in [5.74, 6) is 14.0. The van der Waals surface area contributed by atoms with Crippen LogP contribution in [0, 0.1) is 49.0 Å². The van der Waals surface area contributed by atoms with Gasteiger partial charge in [-0.3, -0.25) is 4.79 Å². The number of hydrogen-bond donors (Lipinski definition) is 0. The third kappa shape index (κ3) is 8.24. The van der Waals surface area contributed by atoms with Crippen LogP contribution in [0.25, 0.3) is 0 Å². The van der Waals surface area contributed by atoms with Crippen LogP contribution in [0.5, 0.6) is 0 Å². The summed E-state index contributed by atoms with van der Waals surface area (Å²) in [7, 11) is -1.60. The number of benzene rings is 2. The molecule has 0 atom stereocenters. The van der Waals surface area contributed by atoms with E-state index in [1.54, 1.807) is 6.07 Å². The van der Waals surface area contributed by atoms with Crippen molar-refractivity contribution in [3.63, 3.8) is 0 Å². The van der Waals surface area contributed by atoms with Crippen molar-refractivity contribution in [3.05, 3.63) is 70.3 Å². The van der Waals surface area contributed by atoms with E-state index in [1.807, 2.05) is 18.2 Å². The Morgan fingerprint density at radius 2 is 1.69 bits per heavy atom. The van der Waals surface area contributed by atoms with Crippen LogP contribution in [-0.2, 0) is 11.3 Å². The molecule has 146 valence electrons. The number of carbonyl (C=O) groups excluding carboxylic acids is 1. The summed E-state index contributed by atoms with van der Waals surface area (Å²) in [5, 5.41) is 0. The third-order valence-corrected chi connectivity index (χ3v) is 4.67. The van der Waals surface area contributed by atoms with Crippen molar-refractivity contribution in [1.29, 1.82) is 0 Å². The molecule has 0 fully saturated rings. The van der Waals surface area contributed by atoms with Crippen molar-refractivity contribution in [1.82, 2.24) is 0 Å². The van der Waals surface area contributed by atoms with Crippen LogP contribution in [-0.4, -0.2) is 20.5 Å². The van der Waals surface area contributed by atoms with Crippen molar-refractivity contribution >= 4 is 13.9 Å². The number of Topliss-reactive ketones (excluding diaryl/α,β-unsaturated/α-hetero) is 1. The molecule has 3 heteroatoms. The van der Waals surface area contributed by atoms with E-state index in [1.165, 1.54) is 11.1 Å². The molecule has 0 N–H and O–H groups in total. The first-order valence-electron chi connectivity index (χ1n) is 9.55. The fraction of sp³-hybridized carbons (Fsp3) is 0.269. The van der Waals surface area contributed by atoms with Gasteiger partial charge in [-0.15, -0.1) is 5.54 Å². The summed E-state index contributed by atoms with van der Waals surface area (Å²) in [6, 6.07) is 13.6. The summed E-state index contributed by atoms with van der Waals surface area (Å²) in [5.41, 5.74) is 7.87. The van der Waals surface area contributed by atoms with Crippen LogP contribution in [0.4, 0.5) is 0 Å². The molecule has 0 aliphatic rings. The predicted molar refractivity (Wildman–Crippen MR) is 122 cm³/mol. The molecule has 2 rings (SSSR count). The minimum atomic E-state index is -1.60. The molecule has 0 aromatic heterocycles. The van der Waals surface area contributed by atoms with E-state index in [4.69, 9.17) is 4.74 Å². The number of ketones is 1. The zero-order valence-corrected chi connectivity index (χ0v) is 18.8. The van der Waals surface area contributed by atoms with Crippen LogP contribution in [0.15, 0.2) is 42.5 Å². The molecule has 0 amide bonds. The summed E-state index contributed by atoms with van der Waals surface area (Å²) < 4.78 is 5.60. The Morgan fingerprint density at radius 1 is 1.00 bits per heavy atom. The number of carbonyl (C=O) groups is 1. The van der Waals surface area contributed by atoms with Gasteiger partial charge in [-0.1, -0.05) is 72.9 Å². The molecule has 0 aliphatic heterocycles. The summed E-state index contributed by atoms with van der Waals surface area (Å²) in [4.78, 5) is 12.4. The van der Waals surface area contributed by atoms with Crippen LogP contribution >= 0.6 is 0 Å². The van der Waals surface area contributed by atoms with Crippen molar-refractivity contribution in [2.45, 2.75) is 40.1 Å². The number of hydrogen-bond acceptors (Lipinski definition) is 2. The molecule has 0 radical (unpaired) electrons. The Bertz CT molecular complexity index is 1050. The van der Waals surface area contributed by atoms with Gasteiger partial charge in [-0.2, -0.15) is 0 Å². The van der Waals surface area contributed by atoms with E-state index in [0.29, 0.717) is 24.3 Å². The highest BCUT2D eigenvalue weighted by Gasteiger charge is 2.11. The molecule has 0 aliphatic carbocycles. The van der Waals surface area contributed by atoms with Gasteiger partial charge in [0.15, 0.2) is 0 Å². The average molecular weight is 399 g/mol. The van der Waals surface area contributed by atoms with Crippen LogP contribution in [0.2, 0.25) is 19.6 Å². The van der Waals surface area contributed by atoms with Gasteiger partial charge < -0.3 is 4.74 Å². The summed E-state index contributed by atoms with van der Waals surface area (Å²) in [6.07, 6.45) is 0. The molecule has 2 nitrogen and oxygen atoms in total. The van der Waals surface area contributed by atoms with E-state index >= 15 is 0 Å². The minimum absolute atomic E-state index is 0.193. The third-order valence-electron chi connectivity index (χ3n) is 3.80. The molecular weight excluding hydrogens is 372 g/mol. The Hall–Kier alpha value is -3.03. The molecule has 0 saturated heterocycles. The maximum Gasteiger partial charge on any atom is 0.236 e. The molecule has 2 aromatic carbocycles. The smallest absolute Gasteiger partial charge is 0.236 e. The van der Waals surface area contributed by atoms with Gasteiger partial charge in [0.05, 0.1) is 6.61 Å². The molecule has 0 heterocycles. The van der Waals surface area contributed by atoms with Crippen LogP contribution in [0.3, 0.4) is 0 Å². The van der Waals surface area contributed by atoms with Crippen molar-refractivity contribution in [3.8, 4) is 35.1 Å². The molecule has 0 bridgehead atoms. The van der Waals surface area contributed by atoms with Crippen molar-refractivity contribution < 1.29 is 9.53 Å². The lowest BCUT2D eigenvalue weighted by atomic mass is 10.0. The molecule has 2 aromatic rings. The largest absolute Gasteiger partial charge is 0.364 e. The molecule has 29 heavy (non-hydrogen) atoms. The van der Waals surface area contributed by atoms with E-state index in [9.17, 15) is 4.79 Å². The van der Waals surface area contributed by atoms with E-state index in [-0.39, 0.29) is 5.78 Å². The quantitative estimate of drug-likeness (QED) is 0.316. The first-order chi connectivity index (χ1) is 13.7. The minimum Gasteiger partial charge on any atom is -0.364 e. The standard InChI is InChI=1S/C26H26O2Si/c1-21-17-22(2)19-23(18-21)20-28-15-10-6-7-11-24-12-8-9-13-25(24)26(27)14-16-29(3,4)5/h8-9,12-13,17-19H,15,20H2,1-5H3. The number of ether oxygens (including phenoxy) is 1. The number of rotatable bonds is 4. The Balaban J connectivity index is 1.97. The summed E-state index contributed by atoms with van der Waals surface area (Å²) in [6.45, 7) is 11.3. The first kappa shape index (κ1) is 22.3. The Labute approximate surface area is 175 Å². The van der Waals surface area contributed by atoms with E-state index in [2.05, 4.69) is 86.8 Å². The van der Waals surface area contributed by atoms with Crippen LogP contribution < -0.4 is 0 Å². The van der Waals surface area contributed by atoms with Gasteiger partial charge in [-0.05, 0) is 49.3 Å². The fourth-order valence-electron chi connectivity index (χ4n) is 2.65. The zero-order chi connectivity index (χ0) is 21.3. The monoisotopic (exact) mass is 398 g/mol. The maximum absolute atomic E-state index is 12.4. The highest BCUT2D eigenvalue weighted by Crippen LogP contribution is 2.10. The lowest BCUT2D eigenvalue weighted by molar-refractivity contribution is 0.105. The molecule has 0 saturated carbocycles. The molecular formula is C26H26O2Si. The Morgan fingerprint density at radius 3 is 2.38 bits per heavy atom. The highest BCUT2D eigenvalue weighted by atomic mass is 28.3. The normalized spacial score (nSPS) is 9.97. The highest BCUT2D eigenvalue weighted by molar-refractivity contribution is 6.84. The lowest BCUT2D eigenvalue weighted by Crippen LogP contribution is -2.17. The SMILES string of the molecule is Cc1cc(C)cc(COCC#CC#Cc2ccccc2C(=O)C#C[Si](C)(C)C)c1.